The van der Waals surface area contributed by atoms with Crippen LogP contribution in [0, 0.1) is 0 Å². The van der Waals surface area contributed by atoms with Crippen LogP contribution in [0.25, 0.3) is 0 Å². The lowest BCUT2D eigenvalue weighted by molar-refractivity contribution is -0.135. The highest BCUT2D eigenvalue weighted by atomic mass is 32.1. The number of piperazine rings is 1. The molecule has 0 spiro atoms. The first-order valence-electron chi connectivity index (χ1n) is 10.6. The molecular formula is C24H28N4OS. The van der Waals surface area contributed by atoms with Gasteiger partial charge in [0.05, 0.1) is 5.92 Å². The zero-order valence-corrected chi connectivity index (χ0v) is 18.4. The fourth-order valence-corrected chi connectivity index (χ4v) is 4.84. The Morgan fingerprint density at radius 2 is 1.80 bits per heavy atom. The van der Waals surface area contributed by atoms with E-state index in [1.807, 2.05) is 41.3 Å². The highest BCUT2D eigenvalue weighted by Crippen LogP contribution is 2.27. The molecule has 1 aliphatic rings. The highest BCUT2D eigenvalue weighted by Gasteiger charge is 2.32. The van der Waals surface area contributed by atoms with E-state index in [0.717, 1.165) is 49.0 Å². The summed E-state index contributed by atoms with van der Waals surface area (Å²) in [7, 11) is 0. The number of nitrogens with zero attached hydrogens (tertiary/aromatic N) is 4. The van der Waals surface area contributed by atoms with Gasteiger partial charge in [0, 0.05) is 43.6 Å². The Labute approximate surface area is 182 Å². The van der Waals surface area contributed by atoms with Gasteiger partial charge in [-0.25, -0.2) is 4.98 Å². The van der Waals surface area contributed by atoms with Crippen LogP contribution in [0.15, 0.2) is 60.7 Å². The molecule has 0 saturated carbocycles. The highest BCUT2D eigenvalue weighted by molar-refractivity contribution is 7.09. The van der Waals surface area contributed by atoms with Crippen LogP contribution in [0.3, 0.4) is 0 Å². The maximum Gasteiger partial charge on any atom is 0.230 e. The van der Waals surface area contributed by atoms with Crippen LogP contribution in [-0.4, -0.2) is 45.8 Å². The Hall–Kier alpha value is -2.73. The lowest BCUT2D eigenvalue weighted by atomic mass is 9.94. The zero-order valence-electron chi connectivity index (χ0n) is 17.6. The molecule has 30 heavy (non-hydrogen) atoms. The molecule has 2 unspecified atom stereocenters. The number of aromatic nitrogens is 2. The second kappa shape index (κ2) is 9.39. The van der Waals surface area contributed by atoms with Crippen LogP contribution in [-0.2, 0) is 11.2 Å². The monoisotopic (exact) mass is 420 g/mol. The van der Waals surface area contributed by atoms with Crippen LogP contribution in [0.1, 0.15) is 43.1 Å². The number of carbonyl (C=O) groups excluding carboxylic acids is 1. The number of rotatable bonds is 6. The van der Waals surface area contributed by atoms with Gasteiger partial charge in [0.15, 0.2) is 0 Å². The van der Waals surface area contributed by atoms with Gasteiger partial charge < -0.3 is 9.80 Å². The molecule has 5 nitrogen and oxygen atoms in total. The molecule has 2 heterocycles. The Morgan fingerprint density at radius 3 is 2.47 bits per heavy atom. The minimum absolute atomic E-state index is 0.0702. The Kier molecular flexibility index (Phi) is 6.43. The van der Waals surface area contributed by atoms with Gasteiger partial charge in [-0.15, -0.1) is 0 Å². The lowest BCUT2D eigenvalue weighted by Gasteiger charge is -2.41. The zero-order chi connectivity index (χ0) is 20.9. The molecule has 0 N–H and O–H groups in total. The normalized spacial score (nSPS) is 17.7. The summed E-state index contributed by atoms with van der Waals surface area (Å²) in [4.78, 5) is 22.3. The van der Waals surface area contributed by atoms with Crippen molar-refractivity contribution in [2.75, 3.05) is 24.5 Å². The minimum atomic E-state index is -0.0702. The van der Waals surface area contributed by atoms with Crippen molar-refractivity contribution in [3.63, 3.8) is 0 Å². The van der Waals surface area contributed by atoms with Crippen LogP contribution in [0.4, 0.5) is 5.13 Å². The summed E-state index contributed by atoms with van der Waals surface area (Å²) in [5, 5.41) is 0.954. The third-order valence-electron chi connectivity index (χ3n) is 5.75. The van der Waals surface area contributed by atoms with E-state index < -0.39 is 0 Å². The molecule has 6 heteroatoms. The van der Waals surface area contributed by atoms with Crippen LogP contribution in [0.5, 0.6) is 0 Å². The molecule has 156 valence electrons. The molecule has 1 aliphatic heterocycles. The Bertz CT molecular complexity index is 960. The minimum Gasteiger partial charge on any atom is -0.343 e. The van der Waals surface area contributed by atoms with Crippen molar-refractivity contribution in [3.05, 3.63) is 77.6 Å². The van der Waals surface area contributed by atoms with Crippen molar-refractivity contribution in [3.8, 4) is 0 Å². The van der Waals surface area contributed by atoms with E-state index >= 15 is 0 Å². The molecule has 1 fully saturated rings. The first kappa shape index (κ1) is 20.5. The number of hydrogen-bond donors (Lipinski definition) is 0. The van der Waals surface area contributed by atoms with E-state index in [4.69, 9.17) is 4.98 Å². The average molecular weight is 421 g/mol. The van der Waals surface area contributed by atoms with Gasteiger partial charge in [-0.05, 0) is 24.5 Å². The number of carbonyl (C=O) groups is 1. The van der Waals surface area contributed by atoms with Crippen LogP contribution < -0.4 is 4.90 Å². The summed E-state index contributed by atoms with van der Waals surface area (Å²) in [6.07, 6.45) is 1.57. The van der Waals surface area contributed by atoms with Crippen molar-refractivity contribution in [1.82, 2.24) is 14.3 Å². The molecule has 1 amide bonds. The number of benzene rings is 2. The molecule has 1 aromatic heterocycles. The van der Waals surface area contributed by atoms with Crippen molar-refractivity contribution in [2.45, 2.75) is 38.6 Å². The molecule has 4 rings (SSSR count). The summed E-state index contributed by atoms with van der Waals surface area (Å²) >= 11 is 1.46. The second-order valence-electron chi connectivity index (χ2n) is 7.85. The van der Waals surface area contributed by atoms with Gasteiger partial charge >= 0.3 is 0 Å². The Morgan fingerprint density at radius 1 is 1.10 bits per heavy atom. The van der Waals surface area contributed by atoms with Crippen LogP contribution >= 0.6 is 11.5 Å². The Balaban J connectivity index is 1.40. The fourth-order valence-electron chi connectivity index (χ4n) is 4.12. The van der Waals surface area contributed by atoms with Gasteiger partial charge in [-0.2, -0.15) is 4.37 Å². The summed E-state index contributed by atoms with van der Waals surface area (Å²) in [5.74, 6) is 1.03. The summed E-state index contributed by atoms with van der Waals surface area (Å²) in [6, 6.07) is 20.6. The lowest BCUT2D eigenvalue weighted by Crippen LogP contribution is -2.55. The summed E-state index contributed by atoms with van der Waals surface area (Å²) < 4.78 is 4.56. The topological polar surface area (TPSA) is 49.3 Å². The number of amides is 1. The average Bonchev–Trinajstić information content (AvgIpc) is 3.24. The number of anilines is 1. The third kappa shape index (κ3) is 4.54. The largest absolute Gasteiger partial charge is 0.343 e. The van der Waals surface area contributed by atoms with E-state index in [1.165, 1.54) is 17.1 Å². The van der Waals surface area contributed by atoms with Crippen molar-refractivity contribution in [2.24, 2.45) is 0 Å². The van der Waals surface area contributed by atoms with Crippen molar-refractivity contribution < 1.29 is 4.79 Å². The molecule has 2 aromatic carbocycles. The number of hydrogen-bond acceptors (Lipinski definition) is 5. The fraction of sp³-hybridized carbons (Fsp3) is 0.375. The molecule has 2 atom stereocenters. The van der Waals surface area contributed by atoms with Gasteiger partial charge in [0.25, 0.3) is 0 Å². The van der Waals surface area contributed by atoms with E-state index in [0.29, 0.717) is 0 Å². The molecular weight excluding hydrogens is 392 g/mol. The van der Waals surface area contributed by atoms with Gasteiger partial charge in [-0.1, -0.05) is 67.6 Å². The van der Waals surface area contributed by atoms with Gasteiger partial charge in [0.2, 0.25) is 11.0 Å². The van der Waals surface area contributed by atoms with E-state index in [-0.39, 0.29) is 17.9 Å². The van der Waals surface area contributed by atoms with Gasteiger partial charge in [-0.3, -0.25) is 4.79 Å². The SMILES string of the molecule is CCC(C(=O)N1CCN(c2nc(Cc3ccccc3)ns2)CC1C)c1ccccc1. The third-order valence-corrected chi connectivity index (χ3v) is 6.57. The molecule has 0 radical (unpaired) electrons. The maximum absolute atomic E-state index is 13.3. The molecule has 3 aromatic rings. The first-order chi connectivity index (χ1) is 14.7. The molecule has 0 aliphatic carbocycles. The quantitative estimate of drug-likeness (QED) is 0.595. The van der Waals surface area contributed by atoms with Gasteiger partial charge in [0.1, 0.15) is 5.82 Å². The van der Waals surface area contributed by atoms with E-state index in [1.54, 1.807) is 0 Å². The smallest absolute Gasteiger partial charge is 0.230 e. The second-order valence-corrected chi connectivity index (χ2v) is 8.58. The standard InChI is InChI=1S/C24H28N4OS/c1-3-21(20-12-8-5-9-13-20)23(29)28-15-14-27(17-18(28)2)24-25-22(26-30-24)16-19-10-6-4-7-11-19/h4-13,18,21H,3,14-17H2,1-2H3. The molecule has 1 saturated heterocycles. The maximum atomic E-state index is 13.3. The van der Waals surface area contributed by atoms with Crippen LogP contribution in [0.2, 0.25) is 0 Å². The summed E-state index contributed by atoms with van der Waals surface area (Å²) in [5.41, 5.74) is 2.33. The van der Waals surface area contributed by atoms with Crippen molar-refractivity contribution in [1.29, 1.82) is 0 Å². The predicted octanol–water partition coefficient (Wildman–Crippen LogP) is 4.36. The summed E-state index contributed by atoms with van der Waals surface area (Å²) in [6.45, 7) is 6.52. The molecule has 0 bridgehead atoms. The first-order valence-corrected chi connectivity index (χ1v) is 11.4. The predicted molar refractivity (Wildman–Crippen MR) is 122 cm³/mol. The van der Waals surface area contributed by atoms with E-state index in [9.17, 15) is 4.79 Å². The van der Waals surface area contributed by atoms with E-state index in [2.05, 4.69) is 47.4 Å². The van der Waals surface area contributed by atoms with Crippen molar-refractivity contribution >= 4 is 22.6 Å².